The van der Waals surface area contributed by atoms with Gasteiger partial charge < -0.3 is 10.1 Å². The minimum absolute atomic E-state index is 0.209. The van der Waals surface area contributed by atoms with Crippen LogP contribution in [0.4, 0.5) is 10.5 Å². The van der Waals surface area contributed by atoms with Crippen LogP contribution in [0.5, 0.6) is 5.75 Å². The zero-order chi connectivity index (χ0) is 25.7. The fourth-order valence-electron chi connectivity index (χ4n) is 3.48. The Balaban J connectivity index is 1.47. The number of imide groups is 1. The van der Waals surface area contributed by atoms with E-state index >= 15 is 0 Å². The minimum atomic E-state index is -0.529. The zero-order valence-corrected chi connectivity index (χ0v) is 22.5. The lowest BCUT2D eigenvalue weighted by Gasteiger charge is -2.13. The van der Waals surface area contributed by atoms with E-state index in [0.717, 1.165) is 38.7 Å². The predicted octanol–water partition coefficient (Wildman–Crippen LogP) is 6.92. The number of nitrogens with zero attached hydrogens (tertiary/aromatic N) is 1. The number of benzene rings is 3. The Morgan fingerprint density at radius 3 is 2.58 bits per heavy atom. The van der Waals surface area contributed by atoms with Crippen molar-refractivity contribution < 1.29 is 19.1 Å². The molecule has 184 valence electrons. The topological polar surface area (TPSA) is 75.7 Å². The lowest BCUT2D eigenvalue weighted by Crippen LogP contribution is -2.36. The number of ether oxygens (including phenoxy) is 1. The number of hydrogen-bond donors (Lipinski definition) is 1. The first-order valence-corrected chi connectivity index (χ1v) is 13.1. The van der Waals surface area contributed by atoms with Gasteiger partial charge in [0.15, 0.2) is 0 Å². The van der Waals surface area contributed by atoms with Crippen LogP contribution in [0.25, 0.3) is 6.08 Å². The highest BCUT2D eigenvalue weighted by Gasteiger charge is 2.36. The molecule has 0 atom stereocenters. The molecule has 0 spiro atoms. The van der Waals surface area contributed by atoms with E-state index in [1.54, 1.807) is 36.4 Å². The Kier molecular flexibility index (Phi) is 8.51. The summed E-state index contributed by atoms with van der Waals surface area (Å²) in [6, 6.07) is 20.2. The lowest BCUT2D eigenvalue weighted by atomic mass is 10.1. The van der Waals surface area contributed by atoms with E-state index in [-0.39, 0.29) is 18.1 Å². The molecule has 1 N–H and O–H groups in total. The second kappa shape index (κ2) is 11.8. The number of carbonyl (C=O) groups excluding carboxylic acids is 3. The fourth-order valence-corrected chi connectivity index (χ4v) is 4.88. The summed E-state index contributed by atoms with van der Waals surface area (Å²) < 4.78 is 6.76. The summed E-state index contributed by atoms with van der Waals surface area (Å²) in [5, 5.41) is 2.82. The molecule has 3 aromatic rings. The number of carbonyl (C=O) groups is 3. The van der Waals surface area contributed by atoms with Crippen LogP contribution in [0.3, 0.4) is 0 Å². The highest BCUT2D eigenvalue weighted by atomic mass is 79.9. The predicted molar refractivity (Wildman–Crippen MR) is 147 cm³/mol. The third-order valence-corrected chi connectivity index (χ3v) is 7.19. The van der Waals surface area contributed by atoms with Crippen molar-refractivity contribution in [1.82, 2.24) is 4.90 Å². The van der Waals surface area contributed by atoms with Crippen molar-refractivity contribution >= 4 is 68.1 Å². The van der Waals surface area contributed by atoms with Crippen LogP contribution >= 0.6 is 39.3 Å². The number of rotatable bonds is 8. The van der Waals surface area contributed by atoms with E-state index < -0.39 is 17.1 Å². The lowest BCUT2D eigenvalue weighted by molar-refractivity contribution is -0.127. The summed E-state index contributed by atoms with van der Waals surface area (Å²) in [4.78, 5) is 39.2. The average molecular weight is 586 g/mol. The Bertz CT molecular complexity index is 1340. The van der Waals surface area contributed by atoms with Crippen molar-refractivity contribution in [3.8, 4) is 5.75 Å². The van der Waals surface area contributed by atoms with E-state index in [1.807, 2.05) is 43.3 Å². The molecule has 3 amide bonds. The summed E-state index contributed by atoms with van der Waals surface area (Å²) in [5.74, 6) is -0.453. The number of hydrogen-bond acceptors (Lipinski definition) is 5. The molecule has 0 bridgehead atoms. The summed E-state index contributed by atoms with van der Waals surface area (Å²) in [7, 11) is 0. The second-order valence-corrected chi connectivity index (χ2v) is 10.2. The van der Waals surface area contributed by atoms with Crippen molar-refractivity contribution in [3.05, 3.63) is 97.8 Å². The molecule has 9 heteroatoms. The maximum Gasteiger partial charge on any atom is 0.294 e. The van der Waals surface area contributed by atoms with E-state index in [1.165, 1.54) is 0 Å². The van der Waals surface area contributed by atoms with Crippen LogP contribution in [0, 0.1) is 0 Å². The van der Waals surface area contributed by atoms with Crippen LogP contribution in [-0.4, -0.2) is 28.5 Å². The molecule has 1 saturated heterocycles. The number of anilines is 1. The molecule has 36 heavy (non-hydrogen) atoms. The summed E-state index contributed by atoms with van der Waals surface area (Å²) in [6.45, 7) is 1.91. The maximum atomic E-state index is 13.0. The third kappa shape index (κ3) is 6.37. The highest BCUT2D eigenvalue weighted by Crippen LogP contribution is 2.35. The van der Waals surface area contributed by atoms with Gasteiger partial charge in [-0.15, -0.1) is 0 Å². The molecule has 0 radical (unpaired) electrons. The maximum absolute atomic E-state index is 13.0. The molecule has 3 aromatic carbocycles. The highest BCUT2D eigenvalue weighted by molar-refractivity contribution is 9.10. The summed E-state index contributed by atoms with van der Waals surface area (Å²) >= 11 is 10.5. The molecule has 1 aliphatic rings. The van der Waals surface area contributed by atoms with E-state index in [0.29, 0.717) is 22.0 Å². The summed E-state index contributed by atoms with van der Waals surface area (Å²) in [6.07, 6.45) is 2.49. The Hall–Kier alpha value is -3.07. The second-order valence-electron chi connectivity index (χ2n) is 7.93. The van der Waals surface area contributed by atoms with Crippen molar-refractivity contribution in [2.45, 2.75) is 20.0 Å². The first-order valence-electron chi connectivity index (χ1n) is 11.1. The van der Waals surface area contributed by atoms with Crippen LogP contribution < -0.4 is 10.1 Å². The molecular weight excluding hydrogens is 564 g/mol. The average Bonchev–Trinajstić information content (AvgIpc) is 3.12. The molecule has 0 saturated carbocycles. The standard InChI is InChI=1S/C27H22BrClN2O4S/c1-2-17-7-10-21(11-8-17)30-25(32)15-31-26(33)24(36-27(31)34)14-19-13-20(28)9-12-23(19)35-16-18-5-3-4-6-22(18)29/h3-14H,2,15-16H2,1H3,(H,30,32)/b24-14+. The minimum Gasteiger partial charge on any atom is -0.488 e. The van der Waals surface area contributed by atoms with E-state index in [9.17, 15) is 14.4 Å². The third-order valence-electron chi connectivity index (χ3n) is 5.42. The van der Waals surface area contributed by atoms with Gasteiger partial charge in [-0.2, -0.15) is 0 Å². The molecule has 1 aliphatic heterocycles. The molecule has 4 rings (SSSR count). The van der Waals surface area contributed by atoms with Gasteiger partial charge in [0.05, 0.1) is 4.91 Å². The van der Waals surface area contributed by atoms with Crippen LogP contribution in [-0.2, 0) is 22.6 Å². The van der Waals surface area contributed by atoms with Gasteiger partial charge in [-0.25, -0.2) is 0 Å². The van der Waals surface area contributed by atoms with Gasteiger partial charge in [0.2, 0.25) is 5.91 Å². The molecule has 0 aromatic heterocycles. The molecule has 1 heterocycles. The smallest absolute Gasteiger partial charge is 0.294 e. The Morgan fingerprint density at radius 2 is 1.86 bits per heavy atom. The molecule has 1 fully saturated rings. The normalized spacial score (nSPS) is 14.4. The van der Waals surface area contributed by atoms with E-state index in [4.69, 9.17) is 16.3 Å². The number of aryl methyl sites for hydroxylation is 1. The van der Waals surface area contributed by atoms with Crippen LogP contribution in [0.1, 0.15) is 23.6 Å². The molecular formula is C27H22BrClN2O4S. The largest absolute Gasteiger partial charge is 0.488 e. The zero-order valence-electron chi connectivity index (χ0n) is 19.3. The van der Waals surface area contributed by atoms with Crippen molar-refractivity contribution in [2.24, 2.45) is 0 Å². The summed E-state index contributed by atoms with van der Waals surface area (Å²) in [5.41, 5.74) is 3.19. The van der Waals surface area contributed by atoms with Gasteiger partial charge in [0, 0.05) is 26.3 Å². The Labute approximate surface area is 226 Å². The van der Waals surface area contributed by atoms with Gasteiger partial charge in [0.1, 0.15) is 18.9 Å². The van der Waals surface area contributed by atoms with Gasteiger partial charge in [-0.1, -0.05) is 64.8 Å². The molecule has 6 nitrogen and oxygen atoms in total. The van der Waals surface area contributed by atoms with E-state index in [2.05, 4.69) is 21.2 Å². The Morgan fingerprint density at radius 1 is 1.11 bits per heavy atom. The first-order chi connectivity index (χ1) is 17.3. The number of amides is 3. The van der Waals surface area contributed by atoms with Crippen molar-refractivity contribution in [3.63, 3.8) is 0 Å². The number of halogens is 2. The van der Waals surface area contributed by atoms with Gasteiger partial charge in [-0.3, -0.25) is 19.3 Å². The number of nitrogens with one attached hydrogen (secondary N) is 1. The SMILES string of the molecule is CCc1ccc(NC(=O)CN2C(=O)S/C(=C/c3cc(Br)ccc3OCc3ccccc3Cl)C2=O)cc1. The van der Waals surface area contributed by atoms with Gasteiger partial charge >= 0.3 is 0 Å². The molecule has 0 aliphatic carbocycles. The van der Waals surface area contributed by atoms with Crippen molar-refractivity contribution in [1.29, 1.82) is 0 Å². The monoisotopic (exact) mass is 584 g/mol. The fraction of sp³-hybridized carbons (Fsp3) is 0.148. The van der Waals surface area contributed by atoms with Gasteiger partial charge in [-0.05, 0) is 66.2 Å². The number of thioether (sulfide) groups is 1. The van der Waals surface area contributed by atoms with Crippen LogP contribution in [0.15, 0.2) is 76.1 Å². The first kappa shape index (κ1) is 26.0. The van der Waals surface area contributed by atoms with Gasteiger partial charge in [0.25, 0.3) is 11.1 Å². The molecule has 0 unspecified atom stereocenters. The van der Waals surface area contributed by atoms with Crippen LogP contribution in [0.2, 0.25) is 5.02 Å². The van der Waals surface area contributed by atoms with Crippen molar-refractivity contribution in [2.75, 3.05) is 11.9 Å². The quantitative estimate of drug-likeness (QED) is 0.291.